The van der Waals surface area contributed by atoms with E-state index in [0.717, 1.165) is 6.42 Å². The molecule has 102 valence electrons. The molecular weight excluding hydrogens is 247 g/mol. The van der Waals surface area contributed by atoms with E-state index in [9.17, 15) is 13.2 Å². The minimum Gasteiger partial charge on any atom is -0.487 e. The molecule has 0 saturated heterocycles. The van der Waals surface area contributed by atoms with Gasteiger partial charge in [-0.2, -0.15) is 0 Å². The summed E-state index contributed by atoms with van der Waals surface area (Å²) < 4.78 is 45.8. The number of hydrogen-bond donors (Lipinski definition) is 1. The van der Waals surface area contributed by atoms with Gasteiger partial charge in [-0.1, -0.05) is 12.1 Å². The molecule has 1 rings (SSSR count). The van der Waals surface area contributed by atoms with E-state index in [4.69, 9.17) is 10.5 Å². The molecule has 0 radical (unpaired) electrons. The van der Waals surface area contributed by atoms with Crippen molar-refractivity contribution in [2.45, 2.75) is 32.2 Å². The van der Waals surface area contributed by atoms with E-state index in [-0.39, 0.29) is 17.6 Å². The second-order valence-corrected chi connectivity index (χ2v) is 3.85. The first-order valence-corrected chi connectivity index (χ1v) is 5.64. The van der Waals surface area contributed by atoms with Gasteiger partial charge >= 0.3 is 6.36 Å². The first-order chi connectivity index (χ1) is 8.42. The number of ether oxygens (including phenoxy) is 2. The summed E-state index contributed by atoms with van der Waals surface area (Å²) in [5.74, 6) is -0.246. The molecule has 6 heteroatoms. The van der Waals surface area contributed by atoms with Crippen molar-refractivity contribution in [3.05, 3.63) is 24.3 Å². The minimum absolute atomic E-state index is 0.0827. The fourth-order valence-electron chi connectivity index (χ4n) is 1.44. The van der Waals surface area contributed by atoms with Gasteiger partial charge in [-0.25, -0.2) is 0 Å². The Hall–Kier alpha value is -1.43. The van der Waals surface area contributed by atoms with Gasteiger partial charge in [0.15, 0.2) is 11.5 Å². The van der Waals surface area contributed by atoms with Crippen molar-refractivity contribution in [1.29, 1.82) is 0 Å². The van der Waals surface area contributed by atoms with Crippen molar-refractivity contribution >= 4 is 0 Å². The van der Waals surface area contributed by atoms with E-state index < -0.39 is 6.36 Å². The average Bonchev–Trinajstić information content (AvgIpc) is 2.27. The fraction of sp³-hybridized carbons (Fsp3) is 0.500. The fourth-order valence-corrected chi connectivity index (χ4v) is 1.44. The maximum Gasteiger partial charge on any atom is 0.573 e. The zero-order valence-electron chi connectivity index (χ0n) is 10.0. The van der Waals surface area contributed by atoms with Crippen LogP contribution in [0.25, 0.3) is 0 Å². The zero-order chi connectivity index (χ0) is 13.6. The molecule has 2 N–H and O–H groups in total. The van der Waals surface area contributed by atoms with Gasteiger partial charge < -0.3 is 15.2 Å². The summed E-state index contributed by atoms with van der Waals surface area (Å²) in [4.78, 5) is 0. The highest BCUT2D eigenvalue weighted by atomic mass is 19.4. The Balaban J connectivity index is 2.70. The molecule has 18 heavy (non-hydrogen) atoms. The van der Waals surface area contributed by atoms with E-state index in [1.165, 1.54) is 18.2 Å². The van der Waals surface area contributed by atoms with Crippen LogP contribution >= 0.6 is 0 Å². The van der Waals surface area contributed by atoms with Gasteiger partial charge in [0, 0.05) is 0 Å². The molecule has 0 aliphatic carbocycles. The van der Waals surface area contributed by atoms with Gasteiger partial charge in [0.25, 0.3) is 0 Å². The molecule has 3 nitrogen and oxygen atoms in total. The highest BCUT2D eigenvalue weighted by Gasteiger charge is 2.32. The number of para-hydroxylation sites is 2. The summed E-state index contributed by atoms with van der Waals surface area (Å²) in [5, 5.41) is 0. The van der Waals surface area contributed by atoms with Crippen molar-refractivity contribution in [2.24, 2.45) is 5.73 Å². The Morgan fingerprint density at radius 2 is 1.83 bits per heavy atom. The number of halogens is 3. The van der Waals surface area contributed by atoms with E-state index in [1.807, 2.05) is 0 Å². The summed E-state index contributed by atoms with van der Waals surface area (Å²) in [6.45, 7) is 2.30. The van der Waals surface area contributed by atoms with E-state index in [2.05, 4.69) is 4.74 Å². The molecule has 0 spiro atoms. The smallest absolute Gasteiger partial charge is 0.487 e. The Morgan fingerprint density at radius 3 is 2.39 bits per heavy atom. The zero-order valence-corrected chi connectivity index (χ0v) is 10.0. The second-order valence-electron chi connectivity index (χ2n) is 3.85. The number of hydrogen-bond acceptors (Lipinski definition) is 3. The number of benzene rings is 1. The van der Waals surface area contributed by atoms with E-state index in [1.54, 1.807) is 13.0 Å². The topological polar surface area (TPSA) is 44.5 Å². The quantitative estimate of drug-likeness (QED) is 0.857. The molecular formula is C12H16F3NO2. The van der Waals surface area contributed by atoms with Crippen molar-refractivity contribution in [3.8, 4) is 11.5 Å². The largest absolute Gasteiger partial charge is 0.573 e. The van der Waals surface area contributed by atoms with Gasteiger partial charge in [0.05, 0.1) is 6.10 Å². The normalized spacial score (nSPS) is 13.2. The molecule has 1 unspecified atom stereocenters. The minimum atomic E-state index is -4.72. The van der Waals surface area contributed by atoms with Crippen LogP contribution in [0.15, 0.2) is 24.3 Å². The van der Waals surface area contributed by atoms with Crippen molar-refractivity contribution in [2.75, 3.05) is 6.54 Å². The molecule has 0 aromatic heterocycles. The second kappa shape index (κ2) is 6.49. The van der Waals surface area contributed by atoms with Crippen LogP contribution in [0.5, 0.6) is 11.5 Å². The lowest BCUT2D eigenvalue weighted by Gasteiger charge is -2.18. The Morgan fingerprint density at radius 1 is 1.22 bits per heavy atom. The summed E-state index contributed by atoms with van der Waals surface area (Å²) in [6.07, 6.45) is -3.51. The van der Waals surface area contributed by atoms with Crippen LogP contribution in [0.2, 0.25) is 0 Å². The molecule has 0 aliphatic rings. The Labute approximate surface area is 104 Å². The lowest BCUT2D eigenvalue weighted by Crippen LogP contribution is -2.19. The highest BCUT2D eigenvalue weighted by molar-refractivity contribution is 5.39. The Bertz CT molecular complexity index is 369. The van der Waals surface area contributed by atoms with Crippen LogP contribution in [-0.4, -0.2) is 19.0 Å². The third kappa shape index (κ3) is 5.27. The number of nitrogens with two attached hydrogens (primary N) is 1. The van der Waals surface area contributed by atoms with Crippen LogP contribution in [0, 0.1) is 0 Å². The predicted molar refractivity (Wildman–Crippen MR) is 61.5 cm³/mol. The number of rotatable bonds is 6. The van der Waals surface area contributed by atoms with Crippen LogP contribution in [0.4, 0.5) is 13.2 Å². The van der Waals surface area contributed by atoms with Gasteiger partial charge in [-0.3, -0.25) is 0 Å². The monoisotopic (exact) mass is 263 g/mol. The van der Waals surface area contributed by atoms with Gasteiger partial charge in [-0.15, -0.1) is 13.2 Å². The summed E-state index contributed by atoms with van der Waals surface area (Å²) >= 11 is 0. The average molecular weight is 263 g/mol. The first kappa shape index (κ1) is 14.6. The van der Waals surface area contributed by atoms with Crippen LogP contribution in [-0.2, 0) is 0 Å². The summed E-state index contributed by atoms with van der Waals surface area (Å²) in [7, 11) is 0. The van der Waals surface area contributed by atoms with Crippen molar-refractivity contribution in [1.82, 2.24) is 0 Å². The Kier molecular flexibility index (Phi) is 5.27. The van der Waals surface area contributed by atoms with Crippen molar-refractivity contribution in [3.63, 3.8) is 0 Å². The molecule has 0 heterocycles. The standard InChI is InChI=1S/C12H16F3NO2/c1-9(5-4-8-16)17-10-6-2-3-7-11(10)18-12(13,14)15/h2-3,6-7,9H,4-5,8,16H2,1H3. The molecule has 0 aliphatic heterocycles. The van der Waals surface area contributed by atoms with Crippen LogP contribution in [0.3, 0.4) is 0 Å². The van der Waals surface area contributed by atoms with Gasteiger partial charge in [0.2, 0.25) is 0 Å². The molecule has 1 atom stereocenters. The maximum absolute atomic E-state index is 12.2. The maximum atomic E-state index is 12.2. The van der Waals surface area contributed by atoms with Gasteiger partial charge in [-0.05, 0) is 38.4 Å². The third-order valence-electron chi connectivity index (χ3n) is 2.22. The molecule has 1 aromatic rings. The summed E-state index contributed by atoms with van der Waals surface area (Å²) in [6, 6.07) is 5.71. The number of alkyl halides is 3. The molecule has 0 fully saturated rings. The molecule has 0 saturated carbocycles. The first-order valence-electron chi connectivity index (χ1n) is 5.64. The molecule has 1 aromatic carbocycles. The predicted octanol–water partition coefficient (Wildman–Crippen LogP) is 3.09. The molecule has 0 bridgehead atoms. The molecule has 0 amide bonds. The summed E-state index contributed by atoms with van der Waals surface area (Å²) in [5.41, 5.74) is 5.35. The van der Waals surface area contributed by atoms with Gasteiger partial charge in [0.1, 0.15) is 0 Å². The van der Waals surface area contributed by atoms with E-state index in [0.29, 0.717) is 13.0 Å². The lowest BCUT2D eigenvalue weighted by atomic mass is 10.2. The van der Waals surface area contributed by atoms with Crippen LogP contribution in [0.1, 0.15) is 19.8 Å². The lowest BCUT2D eigenvalue weighted by molar-refractivity contribution is -0.275. The van der Waals surface area contributed by atoms with Crippen molar-refractivity contribution < 1.29 is 22.6 Å². The van der Waals surface area contributed by atoms with Crippen LogP contribution < -0.4 is 15.2 Å². The third-order valence-corrected chi connectivity index (χ3v) is 2.22. The highest BCUT2D eigenvalue weighted by Crippen LogP contribution is 2.32. The van der Waals surface area contributed by atoms with E-state index >= 15 is 0 Å². The SMILES string of the molecule is CC(CCCN)Oc1ccccc1OC(F)(F)F.